The highest BCUT2D eigenvalue weighted by molar-refractivity contribution is 14.1. The van der Waals surface area contributed by atoms with Crippen LogP contribution < -0.4 is 0 Å². The number of halogens is 1. The summed E-state index contributed by atoms with van der Waals surface area (Å²) >= 11 is 2.21. The largest absolute Gasteiger partial charge is 0.228 e. The minimum Gasteiger partial charge on any atom is -0.228 e. The molecule has 0 unspecified atom stereocenters. The average molecular weight is 336 g/mol. The van der Waals surface area contributed by atoms with Crippen LogP contribution in [0.3, 0.4) is 0 Å². The van der Waals surface area contributed by atoms with Crippen molar-refractivity contribution in [2.75, 3.05) is 5.75 Å². The van der Waals surface area contributed by atoms with E-state index in [1.165, 1.54) is 0 Å². The summed E-state index contributed by atoms with van der Waals surface area (Å²) in [6, 6.07) is 7.68. The molecule has 4 heteroatoms. The summed E-state index contributed by atoms with van der Waals surface area (Å²) in [4.78, 5) is 0. The molecule has 0 N–H and O–H groups in total. The molecule has 2 rings (SSSR count). The highest BCUT2D eigenvalue weighted by atomic mass is 127. The predicted octanol–water partition coefficient (Wildman–Crippen LogP) is 2.62. The molecule has 1 aromatic carbocycles. The van der Waals surface area contributed by atoms with Gasteiger partial charge in [-0.2, -0.15) is 0 Å². The van der Waals surface area contributed by atoms with Crippen LogP contribution in [0.15, 0.2) is 24.3 Å². The monoisotopic (exact) mass is 336 g/mol. The van der Waals surface area contributed by atoms with E-state index >= 15 is 0 Å². The molecule has 0 atom stereocenters. The van der Waals surface area contributed by atoms with Gasteiger partial charge in [-0.25, -0.2) is 8.42 Å². The molecule has 1 aromatic rings. The molecule has 1 aliphatic rings. The molecule has 0 bridgehead atoms. The molecule has 0 saturated heterocycles. The first-order chi connectivity index (χ1) is 7.05. The van der Waals surface area contributed by atoms with Gasteiger partial charge in [-0.15, -0.1) is 0 Å². The third kappa shape index (κ3) is 3.75. The van der Waals surface area contributed by atoms with Crippen molar-refractivity contribution in [1.29, 1.82) is 0 Å². The molecule has 0 radical (unpaired) electrons. The Hall–Kier alpha value is -0.100. The molecule has 1 saturated carbocycles. The first kappa shape index (κ1) is 11.4. The number of rotatable bonds is 4. The van der Waals surface area contributed by atoms with E-state index in [2.05, 4.69) is 22.6 Å². The van der Waals surface area contributed by atoms with Crippen LogP contribution in [0.2, 0.25) is 0 Å². The Balaban J connectivity index is 2.03. The molecule has 15 heavy (non-hydrogen) atoms. The van der Waals surface area contributed by atoms with E-state index < -0.39 is 9.84 Å². The van der Waals surface area contributed by atoms with Crippen LogP contribution in [0.5, 0.6) is 0 Å². The van der Waals surface area contributed by atoms with Gasteiger partial charge in [-0.1, -0.05) is 12.1 Å². The topological polar surface area (TPSA) is 34.1 Å². The van der Waals surface area contributed by atoms with Gasteiger partial charge in [-0.3, -0.25) is 0 Å². The lowest BCUT2D eigenvalue weighted by Crippen LogP contribution is -2.10. The third-order valence-electron chi connectivity index (χ3n) is 2.49. The zero-order chi connectivity index (χ0) is 10.9. The minimum absolute atomic E-state index is 0.195. The maximum absolute atomic E-state index is 11.7. The van der Waals surface area contributed by atoms with E-state index in [9.17, 15) is 8.42 Å². The fraction of sp³-hybridized carbons (Fsp3) is 0.455. The molecule has 0 aliphatic heterocycles. The number of hydrogen-bond acceptors (Lipinski definition) is 2. The van der Waals surface area contributed by atoms with E-state index in [-0.39, 0.29) is 5.75 Å². The van der Waals surface area contributed by atoms with Crippen LogP contribution in [0.1, 0.15) is 18.4 Å². The zero-order valence-electron chi connectivity index (χ0n) is 8.32. The Morgan fingerprint density at radius 3 is 2.33 bits per heavy atom. The molecular weight excluding hydrogens is 323 g/mol. The van der Waals surface area contributed by atoms with Crippen molar-refractivity contribution in [3.05, 3.63) is 33.4 Å². The summed E-state index contributed by atoms with van der Waals surface area (Å²) < 4.78 is 24.6. The molecule has 0 heterocycles. The SMILES string of the molecule is O=S(=O)(Cc1ccc(I)cc1)CC1CC1. The summed E-state index contributed by atoms with van der Waals surface area (Å²) in [5.74, 6) is 1.01. The second-order valence-electron chi connectivity index (χ2n) is 4.12. The summed E-state index contributed by atoms with van der Waals surface area (Å²) in [6.07, 6.45) is 2.18. The van der Waals surface area contributed by atoms with Crippen LogP contribution in [0.25, 0.3) is 0 Å². The second kappa shape index (κ2) is 4.41. The summed E-state index contributed by atoms with van der Waals surface area (Å²) in [5.41, 5.74) is 0.899. The quantitative estimate of drug-likeness (QED) is 0.792. The lowest BCUT2D eigenvalue weighted by Gasteiger charge is -2.03. The van der Waals surface area contributed by atoms with Crippen molar-refractivity contribution < 1.29 is 8.42 Å². The number of hydrogen-bond donors (Lipinski definition) is 0. The van der Waals surface area contributed by atoms with E-state index in [1.54, 1.807) is 0 Å². The fourth-order valence-corrected chi connectivity index (χ4v) is 3.77. The van der Waals surface area contributed by atoms with Crippen LogP contribution in [0.4, 0.5) is 0 Å². The van der Waals surface area contributed by atoms with Gasteiger partial charge in [0.15, 0.2) is 9.84 Å². The van der Waals surface area contributed by atoms with E-state index in [0.717, 1.165) is 22.0 Å². The van der Waals surface area contributed by atoms with Crippen molar-refractivity contribution in [3.8, 4) is 0 Å². The number of sulfone groups is 1. The maximum atomic E-state index is 11.7. The lowest BCUT2D eigenvalue weighted by atomic mass is 10.2. The Morgan fingerprint density at radius 2 is 1.80 bits per heavy atom. The normalized spacial score (nSPS) is 16.6. The first-order valence-electron chi connectivity index (χ1n) is 5.00. The molecule has 0 amide bonds. The molecule has 2 nitrogen and oxygen atoms in total. The third-order valence-corrected chi connectivity index (χ3v) is 4.96. The Bertz CT molecular complexity index is 432. The molecule has 0 aromatic heterocycles. The lowest BCUT2D eigenvalue weighted by molar-refractivity contribution is 0.591. The number of benzene rings is 1. The van der Waals surface area contributed by atoms with Gasteiger partial charge < -0.3 is 0 Å². The van der Waals surface area contributed by atoms with Crippen LogP contribution in [0, 0.1) is 9.49 Å². The Morgan fingerprint density at radius 1 is 1.20 bits per heavy atom. The smallest absolute Gasteiger partial charge is 0.154 e. The van der Waals surface area contributed by atoms with Gasteiger partial charge in [0.25, 0.3) is 0 Å². The Labute approximate surface area is 104 Å². The maximum Gasteiger partial charge on any atom is 0.154 e. The molecule has 1 aliphatic carbocycles. The van der Waals surface area contributed by atoms with Gasteiger partial charge in [0.05, 0.1) is 11.5 Å². The van der Waals surface area contributed by atoms with Gasteiger partial charge in [-0.05, 0) is 59.0 Å². The van der Waals surface area contributed by atoms with E-state index in [1.807, 2.05) is 24.3 Å². The van der Waals surface area contributed by atoms with Crippen LogP contribution in [-0.4, -0.2) is 14.2 Å². The fourth-order valence-electron chi connectivity index (χ4n) is 1.54. The molecule has 0 spiro atoms. The van der Waals surface area contributed by atoms with Crippen molar-refractivity contribution in [1.82, 2.24) is 0 Å². The summed E-state index contributed by atoms with van der Waals surface area (Å²) in [6.45, 7) is 0. The van der Waals surface area contributed by atoms with Crippen molar-refractivity contribution in [3.63, 3.8) is 0 Å². The highest BCUT2D eigenvalue weighted by Gasteiger charge is 2.27. The van der Waals surface area contributed by atoms with Crippen molar-refractivity contribution in [2.24, 2.45) is 5.92 Å². The average Bonchev–Trinajstić information content (AvgIpc) is 2.91. The molecule has 82 valence electrons. The van der Waals surface area contributed by atoms with E-state index in [0.29, 0.717) is 11.7 Å². The summed E-state index contributed by atoms with van der Waals surface area (Å²) in [5, 5.41) is 0. The van der Waals surface area contributed by atoms with Crippen LogP contribution in [-0.2, 0) is 15.6 Å². The molecule has 1 fully saturated rings. The highest BCUT2D eigenvalue weighted by Crippen LogP contribution is 2.31. The van der Waals surface area contributed by atoms with Gasteiger partial charge in [0, 0.05) is 3.57 Å². The standard InChI is InChI=1S/C11H13IO2S/c12-11-5-3-10(4-6-11)8-15(13,14)7-9-1-2-9/h3-6,9H,1-2,7-8H2. The van der Waals surface area contributed by atoms with Crippen molar-refractivity contribution in [2.45, 2.75) is 18.6 Å². The second-order valence-corrected chi connectivity index (χ2v) is 7.48. The Kier molecular flexibility index (Phi) is 3.35. The van der Waals surface area contributed by atoms with Crippen LogP contribution >= 0.6 is 22.6 Å². The first-order valence-corrected chi connectivity index (χ1v) is 7.90. The zero-order valence-corrected chi connectivity index (χ0v) is 11.3. The molecular formula is C11H13IO2S. The minimum atomic E-state index is -2.89. The van der Waals surface area contributed by atoms with Crippen molar-refractivity contribution >= 4 is 32.4 Å². The van der Waals surface area contributed by atoms with Gasteiger partial charge >= 0.3 is 0 Å². The summed E-state index contributed by atoms with van der Waals surface area (Å²) in [7, 11) is -2.89. The van der Waals surface area contributed by atoms with Gasteiger partial charge in [0.1, 0.15) is 0 Å². The van der Waals surface area contributed by atoms with Gasteiger partial charge in [0.2, 0.25) is 0 Å². The predicted molar refractivity (Wildman–Crippen MR) is 69.4 cm³/mol. The van der Waals surface area contributed by atoms with E-state index in [4.69, 9.17) is 0 Å².